The van der Waals surface area contributed by atoms with Crippen LogP contribution in [0.25, 0.3) is 32.9 Å². The number of phenols is 1. The van der Waals surface area contributed by atoms with Crippen molar-refractivity contribution < 1.29 is 14.2 Å². The van der Waals surface area contributed by atoms with Crippen LogP contribution in [0.5, 0.6) is 11.8 Å². The molecule has 3 fully saturated rings. The molecule has 38 heavy (non-hydrogen) atoms. The minimum atomic E-state index is -0.518. The molecule has 194 valence electrons. The van der Waals surface area contributed by atoms with Crippen molar-refractivity contribution >= 4 is 27.5 Å². The third-order valence-corrected chi connectivity index (χ3v) is 7.69. The molecule has 0 amide bonds. The van der Waals surface area contributed by atoms with Crippen molar-refractivity contribution in [2.45, 2.75) is 37.9 Å². The summed E-state index contributed by atoms with van der Waals surface area (Å²) in [6.45, 7) is 3.69. The van der Waals surface area contributed by atoms with Gasteiger partial charge in [-0.15, -0.1) is 0 Å². The van der Waals surface area contributed by atoms with Crippen LogP contribution in [0, 0.1) is 11.3 Å². The first kappa shape index (κ1) is 24.3. The molecule has 0 saturated carbocycles. The first-order valence-electron chi connectivity index (χ1n) is 13.0. The number of phenolic OH excluding ortho intramolecular Hbond substituents is 1. The number of hydrogen-bond acceptors (Lipinski definition) is 8. The van der Waals surface area contributed by atoms with Gasteiger partial charge in [-0.05, 0) is 61.9 Å². The maximum absolute atomic E-state index is 12.6. The second-order valence-electron chi connectivity index (χ2n) is 10.1. The zero-order chi connectivity index (χ0) is 26.2. The lowest BCUT2D eigenvalue weighted by atomic mass is 9.96. The number of methoxy groups -OCH3 is 1. The maximum atomic E-state index is 12.6. The van der Waals surface area contributed by atoms with E-state index < -0.39 is 6.17 Å². The molecule has 0 radical (unpaired) electrons. The quantitative estimate of drug-likeness (QED) is 0.417. The number of benzene rings is 2. The number of nitrogens with zero attached hydrogens (tertiary/aromatic N) is 6. The van der Waals surface area contributed by atoms with Crippen LogP contribution in [0.4, 0.5) is 10.2 Å². The van der Waals surface area contributed by atoms with Crippen molar-refractivity contribution in [2.24, 2.45) is 0 Å². The summed E-state index contributed by atoms with van der Waals surface area (Å²) in [6.07, 6.45) is 5.65. The van der Waals surface area contributed by atoms with Crippen LogP contribution in [0.2, 0.25) is 0 Å². The second kappa shape index (κ2) is 10.0. The van der Waals surface area contributed by atoms with Crippen LogP contribution < -0.4 is 9.64 Å². The number of rotatable bonds is 3. The van der Waals surface area contributed by atoms with Gasteiger partial charge in [-0.25, -0.2) is 14.4 Å². The van der Waals surface area contributed by atoms with Crippen molar-refractivity contribution in [2.75, 3.05) is 38.2 Å². The molecule has 3 aliphatic rings. The first-order chi connectivity index (χ1) is 18.5. The number of aromatic hydroxyl groups is 1. The first-order valence-corrected chi connectivity index (χ1v) is 13.0. The molecule has 1 N–H and O–H groups in total. The van der Waals surface area contributed by atoms with Gasteiger partial charge in [0.25, 0.3) is 0 Å². The van der Waals surface area contributed by atoms with E-state index in [2.05, 4.69) is 25.8 Å². The van der Waals surface area contributed by atoms with Gasteiger partial charge in [0.2, 0.25) is 0 Å². The van der Waals surface area contributed by atoms with E-state index in [1.807, 2.05) is 18.2 Å². The molecule has 3 aliphatic heterocycles. The van der Waals surface area contributed by atoms with Gasteiger partial charge < -0.3 is 14.7 Å². The van der Waals surface area contributed by atoms with E-state index in [0.29, 0.717) is 34.9 Å². The van der Waals surface area contributed by atoms with Gasteiger partial charge in [0, 0.05) is 42.8 Å². The van der Waals surface area contributed by atoms with Crippen molar-refractivity contribution in [3.8, 4) is 29.1 Å². The number of hydrogen-bond donors (Lipinski definition) is 1. The third kappa shape index (κ3) is 4.45. The number of fused-ring (bicyclic) bond motifs is 3. The highest BCUT2D eigenvalue weighted by molar-refractivity contribution is 6.03. The summed E-state index contributed by atoms with van der Waals surface area (Å²) in [5, 5.41) is 22.3. The van der Waals surface area contributed by atoms with Gasteiger partial charge in [0.15, 0.2) is 0 Å². The van der Waals surface area contributed by atoms with Crippen LogP contribution in [0.15, 0.2) is 42.6 Å². The molecule has 0 spiro atoms. The molecular formula is C29H29FN6O2. The summed E-state index contributed by atoms with van der Waals surface area (Å²) < 4.78 is 17.8. The van der Waals surface area contributed by atoms with E-state index in [0.717, 1.165) is 54.5 Å². The Labute approximate surface area is 220 Å². The van der Waals surface area contributed by atoms with Crippen LogP contribution in [-0.2, 0) is 0 Å². The standard InChI is InChI=1S/C22H17N5O2.C7H12FN/c1-29-22-24-12-17-19(26-22)10-18(25-21(17)27-6-3-7-27)16-9-15(28)8-13-4-2-5-14(11-23)20(13)16;8-6-4-7-2-1-3-9(7)5-6/h2,4-5,8-10,12,28H,3,6-7H2,1H3;6-7H,1-5H2. The number of aromatic nitrogens is 3. The second-order valence-corrected chi connectivity index (χ2v) is 10.1. The number of nitriles is 1. The van der Waals surface area contributed by atoms with Gasteiger partial charge in [-0.3, -0.25) is 4.90 Å². The Hall–Kier alpha value is -4.03. The summed E-state index contributed by atoms with van der Waals surface area (Å²) in [7, 11) is 1.53. The molecule has 2 aromatic carbocycles. The number of anilines is 1. The molecule has 9 heteroatoms. The molecule has 5 heterocycles. The molecule has 8 nitrogen and oxygen atoms in total. The van der Waals surface area contributed by atoms with Gasteiger partial charge in [-0.1, -0.05) is 12.1 Å². The van der Waals surface area contributed by atoms with Crippen LogP contribution in [0.1, 0.15) is 31.2 Å². The average molecular weight is 513 g/mol. The minimum absolute atomic E-state index is 0.121. The predicted molar refractivity (Wildman–Crippen MR) is 144 cm³/mol. The Kier molecular flexibility index (Phi) is 6.42. The van der Waals surface area contributed by atoms with Crippen LogP contribution >= 0.6 is 0 Å². The molecule has 0 bridgehead atoms. The number of pyridine rings is 1. The predicted octanol–water partition coefficient (Wildman–Crippen LogP) is 4.83. The Bertz CT molecular complexity index is 1540. The minimum Gasteiger partial charge on any atom is -0.508 e. The smallest absolute Gasteiger partial charge is 0.316 e. The summed E-state index contributed by atoms with van der Waals surface area (Å²) in [5.74, 6) is 0.924. The summed E-state index contributed by atoms with van der Waals surface area (Å²) in [4.78, 5) is 18.1. The largest absolute Gasteiger partial charge is 0.508 e. The monoisotopic (exact) mass is 512 g/mol. The van der Waals surface area contributed by atoms with Gasteiger partial charge in [0.1, 0.15) is 17.7 Å². The average Bonchev–Trinajstić information content (AvgIpc) is 3.47. The van der Waals surface area contributed by atoms with E-state index in [9.17, 15) is 14.8 Å². The third-order valence-electron chi connectivity index (χ3n) is 7.69. The van der Waals surface area contributed by atoms with Crippen molar-refractivity contribution in [1.82, 2.24) is 19.9 Å². The number of halogens is 1. The molecule has 2 unspecified atom stereocenters. The zero-order valence-corrected chi connectivity index (χ0v) is 21.3. The zero-order valence-electron chi connectivity index (χ0n) is 21.3. The van der Waals surface area contributed by atoms with E-state index >= 15 is 0 Å². The SMILES string of the molecule is COc1ncc2c(N3CCC3)nc(-c3cc(O)cc4cccc(C#N)c34)cc2n1.FC1CC2CCCN2C1. The Morgan fingerprint density at radius 1 is 1.13 bits per heavy atom. The summed E-state index contributed by atoms with van der Waals surface area (Å²) >= 11 is 0. The van der Waals surface area contributed by atoms with Crippen molar-refractivity contribution in [1.29, 1.82) is 5.26 Å². The summed E-state index contributed by atoms with van der Waals surface area (Å²) in [6, 6.07) is 13.7. The maximum Gasteiger partial charge on any atom is 0.316 e. The molecule has 3 saturated heterocycles. The normalized spacial score (nSPS) is 20.5. The fraction of sp³-hybridized carbons (Fsp3) is 0.379. The highest BCUT2D eigenvalue weighted by atomic mass is 19.1. The highest BCUT2D eigenvalue weighted by Gasteiger charge is 2.34. The van der Waals surface area contributed by atoms with Gasteiger partial charge in [-0.2, -0.15) is 10.2 Å². The Balaban J connectivity index is 0.000000246. The highest BCUT2D eigenvalue weighted by Crippen LogP contribution is 2.37. The molecular weight excluding hydrogens is 483 g/mol. The van der Waals surface area contributed by atoms with E-state index in [1.54, 1.807) is 24.4 Å². The van der Waals surface area contributed by atoms with Gasteiger partial charge in [0.05, 0.1) is 35.3 Å². The molecule has 0 aliphatic carbocycles. The lowest BCUT2D eigenvalue weighted by molar-refractivity contribution is 0.292. The lowest BCUT2D eigenvalue weighted by Crippen LogP contribution is -2.37. The molecule has 7 rings (SSSR count). The molecule has 4 aromatic rings. The van der Waals surface area contributed by atoms with E-state index in [1.165, 1.54) is 20.0 Å². The van der Waals surface area contributed by atoms with Crippen LogP contribution in [-0.4, -0.2) is 70.5 Å². The molecule has 2 aromatic heterocycles. The molecule has 2 atom stereocenters. The van der Waals surface area contributed by atoms with Crippen molar-refractivity contribution in [3.63, 3.8) is 0 Å². The lowest BCUT2D eigenvalue weighted by Gasteiger charge is -2.33. The topological polar surface area (TPSA) is 98.4 Å². The fourth-order valence-electron chi connectivity index (χ4n) is 5.74. The number of ether oxygens (including phenoxy) is 1. The van der Waals surface area contributed by atoms with E-state index in [-0.39, 0.29) is 11.8 Å². The number of alkyl halides is 1. The Morgan fingerprint density at radius 3 is 2.74 bits per heavy atom. The van der Waals surface area contributed by atoms with E-state index in [4.69, 9.17) is 9.72 Å². The Morgan fingerprint density at radius 2 is 2.00 bits per heavy atom. The van der Waals surface area contributed by atoms with Crippen LogP contribution in [0.3, 0.4) is 0 Å². The van der Waals surface area contributed by atoms with Gasteiger partial charge >= 0.3 is 6.01 Å². The van der Waals surface area contributed by atoms with Crippen molar-refractivity contribution in [3.05, 3.63) is 48.2 Å². The summed E-state index contributed by atoms with van der Waals surface area (Å²) in [5.41, 5.74) is 2.57. The fourth-order valence-corrected chi connectivity index (χ4v) is 5.74.